The van der Waals surface area contributed by atoms with Crippen molar-refractivity contribution in [3.63, 3.8) is 0 Å². The van der Waals surface area contributed by atoms with E-state index in [9.17, 15) is 9.90 Å². The van der Waals surface area contributed by atoms with Crippen molar-refractivity contribution in [2.75, 3.05) is 11.9 Å². The van der Waals surface area contributed by atoms with Gasteiger partial charge in [-0.25, -0.2) is 4.98 Å². The van der Waals surface area contributed by atoms with Gasteiger partial charge in [0.1, 0.15) is 5.82 Å². The quantitative estimate of drug-likeness (QED) is 0.808. The number of primary amides is 1. The molecule has 0 spiro atoms. The third-order valence-corrected chi connectivity index (χ3v) is 4.75. The molecule has 1 aromatic carbocycles. The van der Waals surface area contributed by atoms with Crippen LogP contribution in [0.3, 0.4) is 0 Å². The van der Waals surface area contributed by atoms with Gasteiger partial charge in [-0.15, -0.1) is 0 Å². The van der Waals surface area contributed by atoms with E-state index in [-0.39, 0.29) is 18.1 Å². The molecule has 5 nitrogen and oxygen atoms in total. The van der Waals surface area contributed by atoms with E-state index < -0.39 is 5.91 Å². The molecule has 0 unspecified atom stereocenters. The van der Waals surface area contributed by atoms with E-state index in [4.69, 9.17) is 5.73 Å². The molecule has 3 rings (SSSR count). The lowest BCUT2D eigenvalue weighted by Gasteiger charge is -2.30. The molecule has 5 heteroatoms. The second-order valence-corrected chi connectivity index (χ2v) is 6.34. The molecule has 1 aliphatic carbocycles. The molecule has 1 saturated carbocycles. The first kappa shape index (κ1) is 14.8. The predicted molar refractivity (Wildman–Crippen MR) is 86.7 cm³/mol. The number of aromatic nitrogens is 1. The molecule has 1 aliphatic rings. The number of carbonyl (C=O) groups excluding carboxylic acids is 1. The van der Waals surface area contributed by atoms with Crippen LogP contribution in [0.25, 0.3) is 10.9 Å². The van der Waals surface area contributed by atoms with Crippen LogP contribution in [0.4, 0.5) is 5.82 Å². The molecule has 0 saturated heterocycles. The van der Waals surface area contributed by atoms with Crippen molar-refractivity contribution in [2.45, 2.75) is 32.2 Å². The fourth-order valence-corrected chi connectivity index (χ4v) is 3.30. The number of aliphatic hydroxyl groups excluding tert-OH is 1. The van der Waals surface area contributed by atoms with Gasteiger partial charge in [0.2, 0.25) is 5.91 Å². The Morgan fingerprint density at radius 1 is 1.50 bits per heavy atom. The van der Waals surface area contributed by atoms with Crippen LogP contribution in [0.15, 0.2) is 30.3 Å². The molecule has 116 valence electrons. The van der Waals surface area contributed by atoms with Crippen LogP contribution in [0.2, 0.25) is 0 Å². The van der Waals surface area contributed by atoms with E-state index in [0.717, 1.165) is 30.2 Å². The van der Waals surface area contributed by atoms with Crippen LogP contribution < -0.4 is 11.1 Å². The first-order valence-electron chi connectivity index (χ1n) is 7.60. The van der Waals surface area contributed by atoms with Gasteiger partial charge in [0.25, 0.3) is 0 Å². The van der Waals surface area contributed by atoms with Crippen LogP contribution >= 0.6 is 0 Å². The number of rotatable bonds is 4. The summed E-state index contributed by atoms with van der Waals surface area (Å²) in [6, 6.07) is 9.32. The number of amides is 1. The fraction of sp³-hybridized carbons (Fsp3) is 0.412. The molecule has 2 aromatic rings. The molecule has 22 heavy (non-hydrogen) atoms. The minimum atomic E-state index is -0.460. The van der Waals surface area contributed by atoms with E-state index in [0.29, 0.717) is 11.4 Å². The van der Waals surface area contributed by atoms with Crippen LogP contribution in [0, 0.1) is 5.41 Å². The Hall–Kier alpha value is -2.14. The Bertz CT molecular complexity index is 716. The topological polar surface area (TPSA) is 88.2 Å². The van der Waals surface area contributed by atoms with Crippen molar-refractivity contribution < 1.29 is 9.90 Å². The number of fused-ring (bicyclic) bond motifs is 1. The highest BCUT2D eigenvalue weighted by Crippen LogP contribution is 2.39. The molecule has 1 fully saturated rings. The maximum absolute atomic E-state index is 11.7. The van der Waals surface area contributed by atoms with Crippen molar-refractivity contribution in [1.29, 1.82) is 0 Å². The van der Waals surface area contributed by atoms with E-state index in [1.54, 1.807) is 6.07 Å². The lowest BCUT2D eigenvalue weighted by atomic mass is 9.86. The van der Waals surface area contributed by atoms with Crippen LogP contribution in [-0.4, -0.2) is 28.6 Å². The molecule has 0 aliphatic heterocycles. The van der Waals surface area contributed by atoms with E-state index in [1.165, 1.54) is 0 Å². The first-order valence-corrected chi connectivity index (χ1v) is 7.60. The Kier molecular flexibility index (Phi) is 3.74. The maximum atomic E-state index is 11.7. The van der Waals surface area contributed by atoms with Gasteiger partial charge in [-0.1, -0.05) is 31.5 Å². The largest absolute Gasteiger partial charge is 0.396 e. The molecule has 1 aromatic heterocycles. The summed E-state index contributed by atoms with van der Waals surface area (Å²) in [4.78, 5) is 16.3. The lowest BCUT2D eigenvalue weighted by Crippen LogP contribution is -2.36. The Balaban J connectivity index is 1.99. The average molecular weight is 299 g/mol. The number of nitrogens with one attached hydrogen (secondary N) is 1. The Morgan fingerprint density at radius 2 is 2.27 bits per heavy atom. The van der Waals surface area contributed by atoms with Gasteiger partial charge in [0, 0.05) is 16.8 Å². The monoisotopic (exact) mass is 299 g/mol. The number of aliphatic hydroxyl groups is 1. The van der Waals surface area contributed by atoms with E-state index in [1.807, 2.05) is 24.3 Å². The SMILES string of the molecule is C[C@]1(CO)CCC[C@@H]1Nc1cc(C(N)=O)c2ccccc2n1. The number of hydrogen-bond donors (Lipinski definition) is 3. The molecule has 1 heterocycles. The van der Waals surface area contributed by atoms with Gasteiger partial charge >= 0.3 is 0 Å². The summed E-state index contributed by atoms with van der Waals surface area (Å²) in [5.74, 6) is 0.178. The molecule has 0 bridgehead atoms. The molecule has 4 N–H and O–H groups in total. The highest BCUT2D eigenvalue weighted by Gasteiger charge is 2.38. The number of nitrogens with zero attached hydrogens (tertiary/aromatic N) is 1. The number of carbonyl (C=O) groups is 1. The highest BCUT2D eigenvalue weighted by atomic mass is 16.3. The maximum Gasteiger partial charge on any atom is 0.249 e. The van der Waals surface area contributed by atoms with Crippen molar-refractivity contribution >= 4 is 22.6 Å². The summed E-state index contributed by atoms with van der Waals surface area (Å²) in [7, 11) is 0. The summed E-state index contributed by atoms with van der Waals surface area (Å²) in [6.07, 6.45) is 3.04. The molecule has 2 atom stereocenters. The smallest absolute Gasteiger partial charge is 0.249 e. The van der Waals surface area contributed by atoms with Gasteiger partial charge < -0.3 is 16.2 Å². The molecule has 0 radical (unpaired) electrons. The molecular weight excluding hydrogens is 278 g/mol. The number of benzene rings is 1. The Labute approximate surface area is 129 Å². The second-order valence-electron chi connectivity index (χ2n) is 6.34. The standard InChI is InChI=1S/C17H21N3O2/c1-17(10-21)8-4-7-14(17)20-15-9-12(16(18)22)11-5-2-3-6-13(11)19-15/h2-3,5-6,9,14,21H,4,7-8,10H2,1H3,(H2,18,22)(H,19,20)/t14-,17+/m0/s1. The third kappa shape index (κ3) is 2.52. The zero-order valence-electron chi connectivity index (χ0n) is 12.7. The minimum absolute atomic E-state index is 0.140. The van der Waals surface area contributed by atoms with Gasteiger partial charge in [-0.3, -0.25) is 4.79 Å². The predicted octanol–water partition coefficient (Wildman–Crippen LogP) is 2.30. The first-order chi connectivity index (χ1) is 10.5. The van der Waals surface area contributed by atoms with Crippen molar-refractivity contribution in [1.82, 2.24) is 4.98 Å². The van der Waals surface area contributed by atoms with Crippen LogP contribution in [0.1, 0.15) is 36.5 Å². The van der Waals surface area contributed by atoms with Gasteiger partial charge in [-0.2, -0.15) is 0 Å². The normalized spacial score (nSPS) is 24.5. The Morgan fingerprint density at radius 3 is 3.00 bits per heavy atom. The van der Waals surface area contributed by atoms with Crippen LogP contribution in [0.5, 0.6) is 0 Å². The molecule has 1 amide bonds. The summed E-state index contributed by atoms with van der Waals surface area (Å²) < 4.78 is 0. The number of para-hydroxylation sites is 1. The number of pyridine rings is 1. The summed E-state index contributed by atoms with van der Waals surface area (Å²) in [6.45, 7) is 2.22. The average Bonchev–Trinajstić information content (AvgIpc) is 2.88. The zero-order valence-corrected chi connectivity index (χ0v) is 12.7. The number of nitrogens with two attached hydrogens (primary N) is 1. The summed E-state index contributed by atoms with van der Waals surface area (Å²) >= 11 is 0. The van der Waals surface area contributed by atoms with E-state index in [2.05, 4.69) is 17.2 Å². The highest BCUT2D eigenvalue weighted by molar-refractivity contribution is 6.06. The number of anilines is 1. The third-order valence-electron chi connectivity index (χ3n) is 4.75. The summed E-state index contributed by atoms with van der Waals surface area (Å²) in [5, 5.41) is 13.8. The minimum Gasteiger partial charge on any atom is -0.396 e. The number of hydrogen-bond acceptors (Lipinski definition) is 4. The van der Waals surface area contributed by atoms with Gasteiger partial charge in [-0.05, 0) is 25.0 Å². The van der Waals surface area contributed by atoms with Gasteiger partial charge in [0.05, 0.1) is 17.7 Å². The van der Waals surface area contributed by atoms with Crippen LogP contribution in [-0.2, 0) is 0 Å². The zero-order chi connectivity index (χ0) is 15.7. The van der Waals surface area contributed by atoms with Gasteiger partial charge in [0.15, 0.2) is 0 Å². The molecular formula is C17H21N3O2. The van der Waals surface area contributed by atoms with Crippen molar-refractivity contribution in [3.05, 3.63) is 35.9 Å². The van der Waals surface area contributed by atoms with Crippen molar-refractivity contribution in [2.24, 2.45) is 11.1 Å². The fourth-order valence-electron chi connectivity index (χ4n) is 3.30. The lowest BCUT2D eigenvalue weighted by molar-refractivity contribution is 0.100. The summed E-state index contributed by atoms with van der Waals surface area (Å²) in [5.41, 5.74) is 6.56. The second kappa shape index (κ2) is 5.57. The van der Waals surface area contributed by atoms with E-state index >= 15 is 0 Å². The van der Waals surface area contributed by atoms with Crippen molar-refractivity contribution in [3.8, 4) is 0 Å².